The van der Waals surface area contributed by atoms with Gasteiger partial charge in [-0.2, -0.15) is 0 Å². The highest BCUT2D eigenvalue weighted by molar-refractivity contribution is 5.83. The first-order valence-corrected chi connectivity index (χ1v) is 6.12. The van der Waals surface area contributed by atoms with E-state index in [1.807, 2.05) is 6.92 Å². The quantitative estimate of drug-likeness (QED) is 0.641. The number of ether oxygens (including phenoxy) is 1. The molecule has 5 nitrogen and oxygen atoms in total. The van der Waals surface area contributed by atoms with Crippen LogP contribution in [0.3, 0.4) is 0 Å². The van der Waals surface area contributed by atoms with Crippen LogP contribution in [0.15, 0.2) is 0 Å². The van der Waals surface area contributed by atoms with Crippen LogP contribution in [0.2, 0.25) is 0 Å². The van der Waals surface area contributed by atoms with Crippen LogP contribution in [-0.4, -0.2) is 49.6 Å². The summed E-state index contributed by atoms with van der Waals surface area (Å²) >= 11 is 0. The first-order valence-electron chi connectivity index (χ1n) is 6.12. The Balaban J connectivity index is 4.37. The molecule has 0 aliphatic carbocycles. The van der Waals surface area contributed by atoms with Crippen molar-refractivity contribution >= 4 is 11.9 Å². The van der Waals surface area contributed by atoms with Crippen LogP contribution >= 0.6 is 0 Å². The molecule has 1 N–H and O–H groups in total. The van der Waals surface area contributed by atoms with Crippen molar-refractivity contribution in [1.29, 1.82) is 0 Å². The van der Waals surface area contributed by atoms with Gasteiger partial charge in [0.25, 0.3) is 0 Å². The van der Waals surface area contributed by atoms with Crippen LogP contribution in [0.5, 0.6) is 0 Å². The van der Waals surface area contributed by atoms with E-state index in [1.54, 1.807) is 0 Å². The fourth-order valence-electron chi connectivity index (χ4n) is 1.59. The van der Waals surface area contributed by atoms with E-state index in [0.717, 1.165) is 25.9 Å². The molecule has 0 radical (unpaired) electrons. The monoisotopic (exact) mass is 244 g/mol. The van der Waals surface area contributed by atoms with Gasteiger partial charge < -0.3 is 15.0 Å². The molecule has 0 aliphatic rings. The fourth-order valence-corrected chi connectivity index (χ4v) is 1.59. The van der Waals surface area contributed by atoms with E-state index in [-0.39, 0.29) is 5.91 Å². The zero-order valence-corrected chi connectivity index (χ0v) is 11.3. The minimum atomic E-state index is -0.575. The Labute approximate surface area is 103 Å². The van der Waals surface area contributed by atoms with E-state index in [4.69, 9.17) is 0 Å². The van der Waals surface area contributed by atoms with Crippen LogP contribution in [0, 0.1) is 0 Å². The Morgan fingerprint density at radius 2 is 2.00 bits per heavy atom. The maximum Gasteiger partial charge on any atom is 0.329 e. The predicted octanol–water partition coefficient (Wildman–Crippen LogP) is 0.786. The van der Waals surface area contributed by atoms with E-state index in [2.05, 4.69) is 21.9 Å². The summed E-state index contributed by atoms with van der Waals surface area (Å²) in [6, 6.07) is -0.575. The lowest BCUT2D eigenvalue weighted by atomic mass is 10.2. The predicted molar refractivity (Wildman–Crippen MR) is 66.6 cm³/mol. The van der Waals surface area contributed by atoms with Crippen LogP contribution in [0.1, 0.15) is 33.6 Å². The molecular weight excluding hydrogens is 220 g/mol. The molecule has 0 saturated carbocycles. The fraction of sp³-hybridized carbons (Fsp3) is 0.833. The van der Waals surface area contributed by atoms with Gasteiger partial charge in [-0.25, -0.2) is 4.79 Å². The zero-order valence-electron chi connectivity index (χ0n) is 11.3. The molecule has 0 fully saturated rings. The van der Waals surface area contributed by atoms with Crippen molar-refractivity contribution in [2.24, 2.45) is 0 Å². The lowest BCUT2D eigenvalue weighted by Gasteiger charge is -2.25. The number of carbonyl (C=O) groups excluding carboxylic acids is 2. The van der Waals surface area contributed by atoms with Gasteiger partial charge >= 0.3 is 5.97 Å². The molecule has 0 aromatic rings. The lowest BCUT2D eigenvalue weighted by Crippen LogP contribution is -2.48. The number of amides is 1. The van der Waals surface area contributed by atoms with Crippen molar-refractivity contribution in [3.8, 4) is 0 Å². The SMILES string of the molecule is CCCCN(CC)CC(NC(C)=O)C(=O)OC. The maximum absolute atomic E-state index is 11.5. The third-order valence-corrected chi connectivity index (χ3v) is 2.58. The van der Waals surface area contributed by atoms with Crippen molar-refractivity contribution in [2.45, 2.75) is 39.7 Å². The first kappa shape index (κ1) is 15.9. The van der Waals surface area contributed by atoms with E-state index < -0.39 is 12.0 Å². The third-order valence-electron chi connectivity index (χ3n) is 2.58. The summed E-state index contributed by atoms with van der Waals surface area (Å²) in [6.07, 6.45) is 2.20. The number of nitrogens with one attached hydrogen (secondary N) is 1. The average molecular weight is 244 g/mol. The van der Waals surface area contributed by atoms with Gasteiger partial charge in [0.05, 0.1) is 7.11 Å². The molecular formula is C12H24N2O3. The number of carbonyl (C=O) groups is 2. The summed E-state index contributed by atoms with van der Waals surface area (Å²) in [5, 5.41) is 2.62. The molecule has 0 heterocycles. The number of esters is 1. The number of hydrogen-bond donors (Lipinski definition) is 1. The zero-order chi connectivity index (χ0) is 13.3. The standard InChI is InChI=1S/C12H24N2O3/c1-5-7-8-14(6-2)9-11(12(16)17-4)13-10(3)15/h11H,5-9H2,1-4H3,(H,13,15). The number of nitrogens with zero attached hydrogens (tertiary/aromatic N) is 1. The number of hydrogen-bond acceptors (Lipinski definition) is 4. The van der Waals surface area contributed by atoms with Gasteiger partial charge in [0.15, 0.2) is 0 Å². The van der Waals surface area contributed by atoms with Crippen LogP contribution in [0.25, 0.3) is 0 Å². The second-order valence-corrected chi connectivity index (χ2v) is 4.02. The highest BCUT2D eigenvalue weighted by atomic mass is 16.5. The van der Waals surface area contributed by atoms with E-state index >= 15 is 0 Å². The summed E-state index contributed by atoms with van der Waals surface area (Å²) in [4.78, 5) is 24.7. The van der Waals surface area contributed by atoms with E-state index in [9.17, 15) is 9.59 Å². The molecule has 1 amide bonds. The highest BCUT2D eigenvalue weighted by Crippen LogP contribution is 1.99. The summed E-state index contributed by atoms with van der Waals surface area (Å²) < 4.78 is 4.68. The largest absolute Gasteiger partial charge is 0.467 e. The number of likely N-dealkylation sites (N-methyl/N-ethyl adjacent to an activating group) is 1. The Morgan fingerprint density at radius 1 is 1.35 bits per heavy atom. The van der Waals surface area contributed by atoms with Gasteiger partial charge in [-0.05, 0) is 19.5 Å². The molecule has 17 heavy (non-hydrogen) atoms. The summed E-state index contributed by atoms with van der Waals surface area (Å²) in [7, 11) is 1.33. The van der Waals surface area contributed by atoms with E-state index in [1.165, 1.54) is 14.0 Å². The van der Waals surface area contributed by atoms with Gasteiger partial charge in [0.2, 0.25) is 5.91 Å². The Bertz CT molecular complexity index is 244. The van der Waals surface area contributed by atoms with Crippen LogP contribution in [-0.2, 0) is 14.3 Å². The second-order valence-electron chi connectivity index (χ2n) is 4.02. The molecule has 1 atom stereocenters. The smallest absolute Gasteiger partial charge is 0.329 e. The molecule has 0 spiro atoms. The molecule has 0 aromatic heterocycles. The van der Waals surface area contributed by atoms with Gasteiger partial charge in [-0.1, -0.05) is 20.3 Å². The minimum absolute atomic E-state index is 0.216. The van der Waals surface area contributed by atoms with Gasteiger partial charge in [-0.3, -0.25) is 4.79 Å². The molecule has 0 rings (SSSR count). The number of rotatable bonds is 8. The normalized spacial score (nSPS) is 12.3. The topological polar surface area (TPSA) is 58.6 Å². The Hall–Kier alpha value is -1.10. The molecule has 1 unspecified atom stereocenters. The second kappa shape index (κ2) is 8.98. The lowest BCUT2D eigenvalue weighted by molar-refractivity contribution is -0.145. The molecule has 0 saturated heterocycles. The van der Waals surface area contributed by atoms with Crippen molar-refractivity contribution in [3.63, 3.8) is 0 Å². The van der Waals surface area contributed by atoms with Crippen LogP contribution < -0.4 is 5.32 Å². The third kappa shape index (κ3) is 6.94. The first-order chi connectivity index (χ1) is 8.04. The Kier molecular flexibility index (Phi) is 8.40. The summed E-state index contributed by atoms with van der Waals surface area (Å²) in [5.74, 6) is -0.609. The van der Waals surface area contributed by atoms with E-state index in [0.29, 0.717) is 6.54 Å². The molecule has 100 valence electrons. The number of unbranched alkanes of at least 4 members (excludes halogenated alkanes) is 1. The van der Waals surface area contributed by atoms with Crippen molar-refractivity contribution in [1.82, 2.24) is 10.2 Å². The molecule has 0 aromatic carbocycles. The maximum atomic E-state index is 11.5. The van der Waals surface area contributed by atoms with Gasteiger partial charge in [-0.15, -0.1) is 0 Å². The van der Waals surface area contributed by atoms with Gasteiger partial charge in [0, 0.05) is 13.5 Å². The molecule has 5 heteroatoms. The summed E-state index contributed by atoms with van der Waals surface area (Å²) in [5.41, 5.74) is 0. The average Bonchev–Trinajstić information content (AvgIpc) is 2.31. The van der Waals surface area contributed by atoms with Gasteiger partial charge in [0.1, 0.15) is 6.04 Å². The van der Waals surface area contributed by atoms with Crippen LogP contribution in [0.4, 0.5) is 0 Å². The van der Waals surface area contributed by atoms with Crippen molar-refractivity contribution in [2.75, 3.05) is 26.7 Å². The number of methoxy groups -OCH3 is 1. The summed E-state index contributed by atoms with van der Waals surface area (Å²) in [6.45, 7) is 7.85. The Morgan fingerprint density at radius 3 is 2.41 bits per heavy atom. The molecule has 0 bridgehead atoms. The highest BCUT2D eigenvalue weighted by Gasteiger charge is 2.22. The van der Waals surface area contributed by atoms with Crippen molar-refractivity contribution in [3.05, 3.63) is 0 Å². The van der Waals surface area contributed by atoms with Crippen molar-refractivity contribution < 1.29 is 14.3 Å². The minimum Gasteiger partial charge on any atom is -0.467 e. The molecule has 0 aliphatic heterocycles.